The van der Waals surface area contributed by atoms with Crippen LogP contribution in [-0.2, 0) is 21.2 Å². The standard InChI is InChI=1S/C26H21Cl2F2N7O2S2/c1-26(2,15-4-8-22(19(28)10-15)41(31,38)39)23-12-32-25(37(23)16-5-7-20(29)21(30)11-16)40-13-14-3-6-18(27)17(9-14)24-33-35-36-34-24/h3-12H,13H2,1-2H3,(H2,31,38,39)(H,33,34,35,36). The molecule has 2 aromatic heterocycles. The molecule has 0 spiro atoms. The minimum absolute atomic E-state index is 0.0351. The van der Waals surface area contributed by atoms with Gasteiger partial charge in [-0.15, -0.1) is 5.10 Å². The van der Waals surface area contributed by atoms with Crippen LogP contribution in [0, 0.1) is 11.6 Å². The number of aromatic nitrogens is 6. The van der Waals surface area contributed by atoms with Crippen molar-refractivity contribution in [3.8, 4) is 17.1 Å². The van der Waals surface area contributed by atoms with E-state index in [0.717, 1.165) is 17.7 Å². The van der Waals surface area contributed by atoms with Crippen LogP contribution in [0.3, 0.4) is 0 Å². The first kappa shape index (κ1) is 29.1. The lowest BCUT2D eigenvalue weighted by atomic mass is 9.81. The third kappa shape index (κ3) is 5.86. The van der Waals surface area contributed by atoms with Crippen LogP contribution >= 0.6 is 35.0 Å². The van der Waals surface area contributed by atoms with Crippen LogP contribution in [0.15, 0.2) is 70.8 Å². The van der Waals surface area contributed by atoms with Crippen molar-refractivity contribution in [3.05, 3.63) is 99.3 Å². The molecule has 0 unspecified atom stereocenters. The van der Waals surface area contributed by atoms with Crippen LogP contribution in [0.4, 0.5) is 8.78 Å². The number of H-pyrrole nitrogens is 1. The molecule has 0 bridgehead atoms. The highest BCUT2D eigenvalue weighted by Gasteiger charge is 2.31. The number of thioether (sulfide) groups is 1. The Morgan fingerprint density at radius 3 is 2.46 bits per heavy atom. The molecule has 0 saturated carbocycles. The van der Waals surface area contributed by atoms with Gasteiger partial charge in [-0.05, 0) is 58.0 Å². The molecule has 2 heterocycles. The van der Waals surface area contributed by atoms with Gasteiger partial charge < -0.3 is 0 Å². The van der Waals surface area contributed by atoms with Crippen LogP contribution in [0.1, 0.15) is 30.7 Å². The number of nitrogens with two attached hydrogens (primary N) is 1. The van der Waals surface area contributed by atoms with Crippen molar-refractivity contribution in [2.24, 2.45) is 5.14 Å². The molecular formula is C26H21Cl2F2N7O2S2. The highest BCUT2D eigenvalue weighted by atomic mass is 35.5. The first-order valence-corrected chi connectivity index (χ1v) is 15.2. The topological polar surface area (TPSA) is 132 Å². The van der Waals surface area contributed by atoms with E-state index in [1.165, 1.54) is 30.0 Å². The maximum atomic E-state index is 14.4. The van der Waals surface area contributed by atoms with Gasteiger partial charge in [0.1, 0.15) is 4.90 Å². The fourth-order valence-electron chi connectivity index (χ4n) is 4.28. The number of tetrazole rings is 1. The maximum Gasteiger partial charge on any atom is 0.239 e. The monoisotopic (exact) mass is 635 g/mol. The second kappa shape index (κ2) is 11.1. The Labute approximate surface area is 248 Å². The molecule has 0 radical (unpaired) electrons. The Morgan fingerprint density at radius 1 is 1.02 bits per heavy atom. The van der Waals surface area contributed by atoms with E-state index in [1.54, 1.807) is 22.9 Å². The van der Waals surface area contributed by atoms with Crippen molar-refractivity contribution in [2.45, 2.75) is 35.1 Å². The average molecular weight is 637 g/mol. The SMILES string of the molecule is CC(C)(c1ccc(S(N)(=O)=O)c(Cl)c1)c1cnc(SCc2ccc(Cl)c(-c3nnn[nH]3)c2)n1-c1ccc(F)c(F)c1. The largest absolute Gasteiger partial charge is 0.291 e. The van der Waals surface area contributed by atoms with Crippen molar-refractivity contribution in [3.63, 3.8) is 0 Å². The zero-order chi connectivity index (χ0) is 29.5. The molecule has 3 N–H and O–H groups in total. The molecule has 5 rings (SSSR count). The van der Waals surface area contributed by atoms with Gasteiger partial charge in [-0.1, -0.05) is 60.9 Å². The summed E-state index contributed by atoms with van der Waals surface area (Å²) in [5, 5.41) is 20.0. The predicted octanol–water partition coefficient (Wildman–Crippen LogP) is 5.90. The molecule has 9 nitrogen and oxygen atoms in total. The van der Waals surface area contributed by atoms with E-state index in [9.17, 15) is 17.2 Å². The lowest BCUT2D eigenvalue weighted by Gasteiger charge is -2.28. The number of nitrogens with one attached hydrogen (secondary N) is 1. The van der Waals surface area contributed by atoms with Crippen LogP contribution in [0.25, 0.3) is 17.1 Å². The number of aromatic amines is 1. The quantitative estimate of drug-likeness (QED) is 0.203. The second-order valence-electron chi connectivity index (χ2n) is 9.53. The molecule has 0 aliphatic rings. The number of imidazole rings is 1. The van der Waals surface area contributed by atoms with Crippen LogP contribution in [0.5, 0.6) is 0 Å². The Balaban J connectivity index is 1.56. The molecule has 0 saturated heterocycles. The minimum atomic E-state index is -4.02. The Hall–Kier alpha value is -3.36. The van der Waals surface area contributed by atoms with Crippen LogP contribution in [-0.4, -0.2) is 38.6 Å². The zero-order valence-electron chi connectivity index (χ0n) is 21.4. The first-order valence-electron chi connectivity index (χ1n) is 11.9. The summed E-state index contributed by atoms with van der Waals surface area (Å²) in [7, 11) is -4.02. The van der Waals surface area contributed by atoms with Gasteiger partial charge in [-0.2, -0.15) is 0 Å². The van der Waals surface area contributed by atoms with E-state index in [0.29, 0.717) is 44.3 Å². The number of sulfonamides is 1. The molecule has 0 aliphatic heterocycles. The van der Waals surface area contributed by atoms with Crippen molar-refractivity contribution in [2.75, 3.05) is 0 Å². The summed E-state index contributed by atoms with van der Waals surface area (Å²) in [6, 6.07) is 13.5. The molecule has 3 aromatic carbocycles. The van der Waals surface area contributed by atoms with Crippen molar-refractivity contribution < 1.29 is 17.2 Å². The van der Waals surface area contributed by atoms with Gasteiger partial charge in [0.15, 0.2) is 22.6 Å². The molecular weight excluding hydrogens is 615 g/mol. The van der Waals surface area contributed by atoms with Gasteiger partial charge in [0.25, 0.3) is 0 Å². The molecule has 41 heavy (non-hydrogen) atoms. The van der Waals surface area contributed by atoms with E-state index in [1.807, 2.05) is 26.0 Å². The third-order valence-corrected chi connectivity index (χ3v) is 9.24. The number of hydrogen-bond donors (Lipinski definition) is 2. The lowest BCUT2D eigenvalue weighted by Crippen LogP contribution is -2.23. The molecule has 0 atom stereocenters. The van der Waals surface area contributed by atoms with Gasteiger partial charge in [-0.3, -0.25) is 4.57 Å². The molecule has 212 valence electrons. The summed E-state index contributed by atoms with van der Waals surface area (Å²) < 4.78 is 53.7. The van der Waals surface area contributed by atoms with Gasteiger partial charge in [0, 0.05) is 22.8 Å². The Kier molecular flexibility index (Phi) is 7.92. The van der Waals surface area contributed by atoms with Crippen molar-refractivity contribution >= 4 is 45.0 Å². The van der Waals surface area contributed by atoms with E-state index < -0.39 is 27.1 Å². The Morgan fingerprint density at radius 2 is 1.80 bits per heavy atom. The van der Waals surface area contributed by atoms with Crippen molar-refractivity contribution in [1.82, 2.24) is 30.2 Å². The normalized spacial score (nSPS) is 12.2. The highest BCUT2D eigenvalue weighted by Crippen LogP contribution is 2.39. The smallest absolute Gasteiger partial charge is 0.239 e. The van der Waals surface area contributed by atoms with Crippen LogP contribution in [0.2, 0.25) is 10.0 Å². The maximum absolute atomic E-state index is 14.4. The van der Waals surface area contributed by atoms with E-state index in [-0.39, 0.29) is 9.92 Å². The molecule has 0 amide bonds. The van der Waals surface area contributed by atoms with E-state index in [4.69, 9.17) is 28.3 Å². The summed E-state index contributed by atoms with van der Waals surface area (Å²) in [6.07, 6.45) is 1.64. The molecule has 5 aromatic rings. The van der Waals surface area contributed by atoms with Gasteiger partial charge in [0.05, 0.1) is 27.6 Å². The zero-order valence-corrected chi connectivity index (χ0v) is 24.6. The second-order valence-corrected chi connectivity index (χ2v) is 12.8. The number of benzene rings is 3. The van der Waals surface area contributed by atoms with Crippen molar-refractivity contribution in [1.29, 1.82) is 0 Å². The fraction of sp³-hybridized carbons (Fsp3) is 0.154. The summed E-state index contributed by atoms with van der Waals surface area (Å²) in [4.78, 5) is 4.42. The summed E-state index contributed by atoms with van der Waals surface area (Å²) >= 11 is 14.0. The third-order valence-electron chi connectivity index (χ3n) is 6.49. The minimum Gasteiger partial charge on any atom is -0.291 e. The number of halogens is 4. The van der Waals surface area contributed by atoms with Crippen LogP contribution < -0.4 is 5.14 Å². The molecule has 0 fully saturated rings. The van der Waals surface area contributed by atoms with E-state index >= 15 is 0 Å². The Bertz CT molecular complexity index is 1860. The van der Waals surface area contributed by atoms with E-state index in [2.05, 4.69) is 25.6 Å². The molecule has 15 heteroatoms. The van der Waals surface area contributed by atoms with Gasteiger partial charge >= 0.3 is 0 Å². The number of rotatable bonds is 8. The average Bonchev–Trinajstić information content (AvgIpc) is 3.60. The summed E-state index contributed by atoms with van der Waals surface area (Å²) in [5.74, 6) is -1.13. The predicted molar refractivity (Wildman–Crippen MR) is 153 cm³/mol. The number of primary sulfonamides is 1. The van der Waals surface area contributed by atoms with Gasteiger partial charge in [-0.25, -0.2) is 32.4 Å². The summed E-state index contributed by atoms with van der Waals surface area (Å²) in [6.45, 7) is 3.77. The number of nitrogens with zero attached hydrogens (tertiary/aromatic N) is 5. The summed E-state index contributed by atoms with van der Waals surface area (Å²) in [5.41, 5.74) is 2.32. The highest BCUT2D eigenvalue weighted by molar-refractivity contribution is 7.98. The lowest BCUT2D eigenvalue weighted by molar-refractivity contribution is 0.506. The molecule has 0 aliphatic carbocycles. The first-order chi connectivity index (χ1) is 19.4. The number of hydrogen-bond acceptors (Lipinski definition) is 7. The fourth-order valence-corrected chi connectivity index (χ4v) is 6.52. The van der Waals surface area contributed by atoms with Gasteiger partial charge in [0.2, 0.25) is 10.0 Å².